The fourth-order valence-corrected chi connectivity index (χ4v) is 8.60. The lowest BCUT2D eigenvalue weighted by Gasteiger charge is -2.27. The maximum Gasteiger partial charge on any atom is 0.143 e. The smallest absolute Gasteiger partial charge is 0.143 e. The Morgan fingerprint density at radius 2 is 1.12 bits per heavy atom. The summed E-state index contributed by atoms with van der Waals surface area (Å²) >= 11 is 1.86. The van der Waals surface area contributed by atoms with Crippen LogP contribution in [0.5, 0.6) is 0 Å². The van der Waals surface area contributed by atoms with Gasteiger partial charge < -0.3 is 9.32 Å². The summed E-state index contributed by atoms with van der Waals surface area (Å²) in [6.07, 6.45) is 0. The van der Waals surface area contributed by atoms with Crippen LogP contribution in [0.15, 0.2) is 180 Å². The minimum absolute atomic E-state index is 0.900. The largest absolute Gasteiger partial charge is 0.455 e. The number of fused-ring (bicyclic) bond motifs is 8. The third-order valence-corrected chi connectivity index (χ3v) is 10.8. The molecule has 0 radical (unpaired) electrons. The van der Waals surface area contributed by atoms with Crippen LogP contribution in [0.25, 0.3) is 75.1 Å². The predicted octanol–water partition coefficient (Wildman–Crippen LogP) is 13.9. The summed E-state index contributed by atoms with van der Waals surface area (Å²) in [7, 11) is 0. The highest BCUT2D eigenvalue weighted by atomic mass is 32.1. The fourth-order valence-electron chi connectivity index (χ4n) is 7.40. The summed E-state index contributed by atoms with van der Waals surface area (Å²) in [4.78, 5) is 2.43. The molecule has 0 saturated carbocycles. The van der Waals surface area contributed by atoms with E-state index in [1.807, 2.05) is 11.3 Å². The van der Waals surface area contributed by atoms with E-state index in [1.54, 1.807) is 0 Å². The molecule has 0 fully saturated rings. The molecule has 0 aliphatic carbocycles. The Morgan fingerprint density at radius 1 is 0.449 bits per heavy atom. The van der Waals surface area contributed by atoms with Gasteiger partial charge in [-0.3, -0.25) is 0 Å². The molecule has 0 unspecified atom stereocenters. The second kappa shape index (κ2) is 11.2. The van der Waals surface area contributed by atoms with Crippen LogP contribution >= 0.6 is 11.3 Å². The molecule has 230 valence electrons. The van der Waals surface area contributed by atoms with E-state index in [0.717, 1.165) is 49.8 Å². The van der Waals surface area contributed by atoms with Gasteiger partial charge in [-0.25, -0.2) is 0 Å². The van der Waals surface area contributed by atoms with Gasteiger partial charge in [-0.05, 0) is 76.2 Å². The second-order valence-corrected chi connectivity index (χ2v) is 13.6. The highest BCUT2D eigenvalue weighted by molar-refractivity contribution is 7.26. The molecule has 0 N–H and O–H groups in total. The molecule has 0 atom stereocenters. The Hall–Kier alpha value is -6.16. The van der Waals surface area contributed by atoms with E-state index in [-0.39, 0.29) is 0 Å². The highest BCUT2D eigenvalue weighted by Crippen LogP contribution is 2.46. The molecule has 49 heavy (non-hydrogen) atoms. The zero-order valence-corrected chi connectivity index (χ0v) is 27.3. The average molecular weight is 644 g/mol. The second-order valence-electron chi connectivity index (χ2n) is 12.5. The zero-order valence-electron chi connectivity index (χ0n) is 26.5. The van der Waals surface area contributed by atoms with E-state index in [2.05, 4.69) is 181 Å². The highest BCUT2D eigenvalue weighted by Gasteiger charge is 2.20. The van der Waals surface area contributed by atoms with E-state index in [9.17, 15) is 0 Å². The van der Waals surface area contributed by atoms with Gasteiger partial charge in [0, 0.05) is 43.0 Å². The fraction of sp³-hybridized carbons (Fsp3) is 0. The van der Waals surface area contributed by atoms with Crippen molar-refractivity contribution in [3.8, 4) is 22.3 Å². The van der Waals surface area contributed by atoms with Gasteiger partial charge in [0.25, 0.3) is 0 Å². The maximum absolute atomic E-state index is 6.57. The maximum atomic E-state index is 6.57. The van der Waals surface area contributed by atoms with Crippen LogP contribution in [0.3, 0.4) is 0 Å². The molecule has 10 aromatic rings. The Labute approximate surface area is 287 Å². The first-order valence-corrected chi connectivity index (χ1v) is 17.4. The number of nitrogens with zero attached hydrogens (tertiary/aromatic N) is 1. The van der Waals surface area contributed by atoms with Gasteiger partial charge in [0.1, 0.15) is 11.2 Å². The number of hydrogen-bond acceptors (Lipinski definition) is 3. The van der Waals surface area contributed by atoms with Gasteiger partial charge in [0.05, 0.1) is 10.4 Å². The molecular formula is C46H29NOS. The predicted molar refractivity (Wildman–Crippen MR) is 210 cm³/mol. The van der Waals surface area contributed by atoms with Crippen molar-refractivity contribution in [3.05, 3.63) is 176 Å². The molecule has 0 aliphatic rings. The SMILES string of the molecule is c1ccc(-c2cccc(N(c3cccc(-c4cccc5oc6c7ccccc7ccc6c45)c3)c3cccc4c3sc3ccccc34)c2)cc1. The lowest BCUT2D eigenvalue weighted by molar-refractivity contribution is 0.673. The van der Waals surface area contributed by atoms with Crippen molar-refractivity contribution >= 4 is 81.3 Å². The van der Waals surface area contributed by atoms with Crippen molar-refractivity contribution in [2.45, 2.75) is 0 Å². The molecule has 3 heteroatoms. The number of furan rings is 1. The number of hydrogen-bond donors (Lipinski definition) is 0. The Morgan fingerprint density at radius 3 is 2.00 bits per heavy atom. The molecular weight excluding hydrogens is 615 g/mol. The minimum atomic E-state index is 0.900. The van der Waals surface area contributed by atoms with Gasteiger partial charge in [0.2, 0.25) is 0 Å². The van der Waals surface area contributed by atoms with Crippen molar-refractivity contribution in [1.29, 1.82) is 0 Å². The lowest BCUT2D eigenvalue weighted by Crippen LogP contribution is -2.10. The first-order chi connectivity index (χ1) is 24.3. The van der Waals surface area contributed by atoms with E-state index >= 15 is 0 Å². The molecule has 10 rings (SSSR count). The quantitative estimate of drug-likeness (QED) is 0.186. The van der Waals surface area contributed by atoms with Gasteiger partial charge in [-0.1, -0.05) is 127 Å². The first kappa shape index (κ1) is 27.9. The normalized spacial score (nSPS) is 11.7. The van der Waals surface area contributed by atoms with E-state index in [0.29, 0.717) is 0 Å². The molecule has 2 heterocycles. The number of anilines is 3. The van der Waals surface area contributed by atoms with E-state index in [1.165, 1.54) is 42.4 Å². The molecule has 0 amide bonds. The van der Waals surface area contributed by atoms with Crippen molar-refractivity contribution in [2.75, 3.05) is 4.90 Å². The van der Waals surface area contributed by atoms with Crippen molar-refractivity contribution in [2.24, 2.45) is 0 Å². The third-order valence-electron chi connectivity index (χ3n) is 9.64. The van der Waals surface area contributed by atoms with E-state index < -0.39 is 0 Å². The summed E-state index contributed by atoms with van der Waals surface area (Å²) in [5.41, 5.74) is 9.90. The lowest BCUT2D eigenvalue weighted by atomic mass is 9.97. The van der Waals surface area contributed by atoms with Crippen LogP contribution in [-0.4, -0.2) is 0 Å². The van der Waals surface area contributed by atoms with Crippen LogP contribution < -0.4 is 4.90 Å². The van der Waals surface area contributed by atoms with Crippen LogP contribution in [0.4, 0.5) is 17.1 Å². The summed E-state index contributed by atoms with van der Waals surface area (Å²) in [5.74, 6) is 0. The van der Waals surface area contributed by atoms with Gasteiger partial charge >= 0.3 is 0 Å². The monoisotopic (exact) mass is 643 g/mol. The topological polar surface area (TPSA) is 16.4 Å². The number of rotatable bonds is 5. The standard InChI is InChI=1S/C46H29NOS/c1-2-12-30(13-3-1)32-15-8-17-34(28-32)47(41-23-10-22-39-38-20-6-7-25-43(38)49-46(39)41)35-18-9-16-33(29-35)36-21-11-24-42-44(36)40-27-26-31-14-4-5-19-37(31)45(40)48-42/h1-29H. The molecule has 2 aromatic heterocycles. The molecule has 0 spiro atoms. The molecule has 0 saturated heterocycles. The summed E-state index contributed by atoms with van der Waals surface area (Å²) in [5, 5.41) is 7.17. The average Bonchev–Trinajstić information content (AvgIpc) is 3.75. The van der Waals surface area contributed by atoms with E-state index in [4.69, 9.17) is 4.42 Å². The number of thiophene rings is 1. The summed E-state index contributed by atoms with van der Waals surface area (Å²) < 4.78 is 9.13. The van der Waals surface area contributed by atoms with Gasteiger partial charge in [-0.15, -0.1) is 11.3 Å². The van der Waals surface area contributed by atoms with Crippen LogP contribution in [-0.2, 0) is 0 Å². The molecule has 8 aromatic carbocycles. The van der Waals surface area contributed by atoms with Crippen molar-refractivity contribution in [1.82, 2.24) is 0 Å². The molecule has 0 aliphatic heterocycles. The van der Waals surface area contributed by atoms with Crippen LogP contribution in [0.2, 0.25) is 0 Å². The molecule has 2 nitrogen and oxygen atoms in total. The van der Waals surface area contributed by atoms with Crippen LogP contribution in [0.1, 0.15) is 0 Å². The molecule has 0 bridgehead atoms. The minimum Gasteiger partial charge on any atom is -0.455 e. The zero-order chi connectivity index (χ0) is 32.3. The summed E-state index contributed by atoms with van der Waals surface area (Å²) in [6, 6.07) is 63.2. The first-order valence-electron chi connectivity index (χ1n) is 16.6. The Kier molecular flexibility index (Phi) is 6.39. The van der Waals surface area contributed by atoms with Crippen molar-refractivity contribution in [3.63, 3.8) is 0 Å². The van der Waals surface area contributed by atoms with Crippen LogP contribution in [0, 0.1) is 0 Å². The summed E-state index contributed by atoms with van der Waals surface area (Å²) in [6.45, 7) is 0. The Bertz CT molecular complexity index is 2840. The Balaban J connectivity index is 1.20. The third kappa shape index (κ3) is 4.55. The number of benzene rings is 8. The van der Waals surface area contributed by atoms with Gasteiger partial charge in [-0.2, -0.15) is 0 Å². The van der Waals surface area contributed by atoms with Gasteiger partial charge in [0.15, 0.2) is 0 Å². The van der Waals surface area contributed by atoms with Crippen molar-refractivity contribution < 1.29 is 4.42 Å².